The maximum Gasteiger partial charge on any atom is 0.253 e. The topological polar surface area (TPSA) is 59.4 Å². The van der Waals surface area contributed by atoms with Crippen molar-refractivity contribution in [2.24, 2.45) is 7.05 Å². The Labute approximate surface area is 177 Å². The first-order valence-electron chi connectivity index (χ1n) is 10.9. The van der Waals surface area contributed by atoms with Crippen molar-refractivity contribution in [3.8, 4) is 11.1 Å². The van der Waals surface area contributed by atoms with E-state index in [0.717, 1.165) is 41.5 Å². The van der Waals surface area contributed by atoms with Crippen molar-refractivity contribution in [2.75, 3.05) is 0 Å². The number of hydrogen-bond donors (Lipinski definition) is 0. The summed E-state index contributed by atoms with van der Waals surface area (Å²) in [5.41, 5.74) is 6.12. The summed E-state index contributed by atoms with van der Waals surface area (Å²) < 4.78 is 1.62. The van der Waals surface area contributed by atoms with Crippen molar-refractivity contribution in [2.45, 2.75) is 71.4 Å². The number of hydrogen-bond acceptors (Lipinski definition) is 3. The van der Waals surface area contributed by atoms with Gasteiger partial charge in [-0.3, -0.25) is 14.4 Å². The molecule has 1 aromatic carbocycles. The number of carbonyl (C=O) groups excluding carboxylic acids is 2. The average Bonchev–Trinajstić information content (AvgIpc) is 3.23. The molecule has 0 saturated heterocycles. The summed E-state index contributed by atoms with van der Waals surface area (Å²) in [6.07, 6.45) is 8.08. The van der Waals surface area contributed by atoms with Crippen molar-refractivity contribution in [1.29, 1.82) is 0 Å². The van der Waals surface area contributed by atoms with E-state index in [1.807, 2.05) is 24.1 Å². The van der Waals surface area contributed by atoms with E-state index in [-0.39, 0.29) is 17.2 Å². The Morgan fingerprint density at radius 1 is 1.10 bits per heavy atom. The summed E-state index contributed by atoms with van der Waals surface area (Å²) in [6.45, 7) is 4.03. The summed E-state index contributed by atoms with van der Waals surface area (Å²) >= 11 is 0. The number of aromatic nitrogens is 1. The van der Waals surface area contributed by atoms with Gasteiger partial charge in [-0.05, 0) is 66.1 Å². The van der Waals surface area contributed by atoms with Gasteiger partial charge in [0.05, 0.1) is 0 Å². The van der Waals surface area contributed by atoms with Gasteiger partial charge < -0.3 is 9.47 Å². The number of ketones is 1. The molecule has 2 aromatic rings. The van der Waals surface area contributed by atoms with E-state index < -0.39 is 0 Å². The standard InChI is InChI=1S/C25H30N2O3/c1-16-10-20(14-26(3)25(16)30)19-11-18-8-9-23(29)13-24(18)21(12-19)15-27(17(2)28)22-6-4-5-7-22/h10-12,14,22H,4-9,13,15H2,1-3H3. The largest absolute Gasteiger partial charge is 0.336 e. The maximum absolute atomic E-state index is 12.5. The first-order valence-corrected chi connectivity index (χ1v) is 10.9. The predicted octanol–water partition coefficient (Wildman–Crippen LogP) is 3.71. The Hall–Kier alpha value is -2.69. The van der Waals surface area contributed by atoms with E-state index in [1.165, 1.54) is 18.4 Å². The molecule has 5 nitrogen and oxygen atoms in total. The zero-order valence-corrected chi connectivity index (χ0v) is 18.2. The molecule has 1 heterocycles. The summed E-state index contributed by atoms with van der Waals surface area (Å²) in [5.74, 6) is 0.367. The molecule has 2 aliphatic rings. The highest BCUT2D eigenvalue weighted by molar-refractivity contribution is 5.84. The molecule has 1 aromatic heterocycles. The minimum absolute atomic E-state index is 0.00604. The van der Waals surface area contributed by atoms with Gasteiger partial charge in [-0.25, -0.2) is 0 Å². The third kappa shape index (κ3) is 3.98. The van der Waals surface area contributed by atoms with E-state index in [9.17, 15) is 14.4 Å². The van der Waals surface area contributed by atoms with Crippen LogP contribution in [0.25, 0.3) is 11.1 Å². The van der Waals surface area contributed by atoms with Gasteiger partial charge in [0, 0.05) is 51.2 Å². The molecule has 1 amide bonds. The van der Waals surface area contributed by atoms with Gasteiger partial charge in [-0.15, -0.1) is 0 Å². The number of benzene rings is 1. The van der Waals surface area contributed by atoms with Crippen LogP contribution in [0.3, 0.4) is 0 Å². The molecule has 1 fully saturated rings. The molecule has 0 bridgehead atoms. The Bertz CT molecular complexity index is 1030. The molecule has 0 aliphatic heterocycles. The van der Waals surface area contributed by atoms with E-state index >= 15 is 0 Å². The molecule has 5 heteroatoms. The second-order valence-electron chi connectivity index (χ2n) is 8.90. The number of Topliss-reactive ketones (excluding diaryl/α,β-unsaturated/α-hetero) is 1. The first kappa shape index (κ1) is 20.6. The molecular formula is C25H30N2O3. The Morgan fingerprint density at radius 2 is 1.83 bits per heavy atom. The minimum Gasteiger partial charge on any atom is -0.336 e. The van der Waals surface area contributed by atoms with Gasteiger partial charge in [-0.1, -0.05) is 18.9 Å². The van der Waals surface area contributed by atoms with Crippen molar-refractivity contribution in [3.63, 3.8) is 0 Å². The number of aryl methyl sites for hydroxylation is 3. The lowest BCUT2D eigenvalue weighted by Gasteiger charge is -2.30. The van der Waals surface area contributed by atoms with Gasteiger partial charge in [0.15, 0.2) is 0 Å². The monoisotopic (exact) mass is 406 g/mol. The molecule has 0 spiro atoms. The number of nitrogens with zero attached hydrogens (tertiary/aromatic N) is 2. The molecule has 2 aliphatic carbocycles. The van der Waals surface area contributed by atoms with Crippen LogP contribution >= 0.6 is 0 Å². The van der Waals surface area contributed by atoms with Gasteiger partial charge in [0.1, 0.15) is 5.78 Å². The van der Waals surface area contributed by atoms with E-state index in [1.54, 1.807) is 18.5 Å². The van der Waals surface area contributed by atoms with Crippen LogP contribution in [-0.4, -0.2) is 27.2 Å². The number of amides is 1. The molecule has 0 radical (unpaired) electrons. The fourth-order valence-corrected chi connectivity index (χ4v) is 5.05. The molecule has 158 valence electrons. The van der Waals surface area contributed by atoms with E-state index in [2.05, 4.69) is 12.1 Å². The van der Waals surface area contributed by atoms with Gasteiger partial charge in [-0.2, -0.15) is 0 Å². The zero-order valence-electron chi connectivity index (χ0n) is 18.2. The fraction of sp³-hybridized carbons (Fsp3) is 0.480. The highest BCUT2D eigenvalue weighted by Crippen LogP contribution is 2.32. The third-order valence-corrected chi connectivity index (χ3v) is 6.69. The molecule has 0 unspecified atom stereocenters. The van der Waals surface area contributed by atoms with E-state index in [0.29, 0.717) is 31.0 Å². The van der Waals surface area contributed by atoms with Gasteiger partial charge in [0.2, 0.25) is 5.91 Å². The van der Waals surface area contributed by atoms with E-state index in [4.69, 9.17) is 0 Å². The van der Waals surface area contributed by atoms with Crippen LogP contribution < -0.4 is 5.56 Å². The van der Waals surface area contributed by atoms with Crippen LogP contribution in [-0.2, 0) is 36.0 Å². The number of pyridine rings is 1. The normalized spacial score (nSPS) is 16.6. The molecule has 1 saturated carbocycles. The third-order valence-electron chi connectivity index (χ3n) is 6.69. The lowest BCUT2D eigenvalue weighted by Crippen LogP contribution is -2.37. The van der Waals surface area contributed by atoms with Crippen molar-refractivity contribution in [3.05, 3.63) is 57.0 Å². The van der Waals surface area contributed by atoms with Crippen LogP contribution in [0.2, 0.25) is 0 Å². The Morgan fingerprint density at radius 3 is 2.50 bits per heavy atom. The van der Waals surface area contributed by atoms with Crippen LogP contribution in [0, 0.1) is 6.92 Å². The van der Waals surface area contributed by atoms with Crippen LogP contribution in [0.1, 0.15) is 61.3 Å². The highest BCUT2D eigenvalue weighted by atomic mass is 16.2. The summed E-state index contributed by atoms with van der Waals surface area (Å²) in [5, 5.41) is 0. The van der Waals surface area contributed by atoms with Gasteiger partial charge >= 0.3 is 0 Å². The SMILES string of the molecule is CC(=O)N(Cc1cc(-c2cc(C)c(=O)n(C)c2)cc2c1CC(=O)CC2)C1CCCC1. The van der Waals surface area contributed by atoms with Crippen LogP contribution in [0.15, 0.2) is 29.2 Å². The lowest BCUT2D eigenvalue weighted by molar-refractivity contribution is -0.131. The Kier molecular flexibility index (Phi) is 5.63. The average molecular weight is 407 g/mol. The zero-order chi connectivity index (χ0) is 21.4. The lowest BCUT2D eigenvalue weighted by atomic mass is 9.84. The number of carbonyl (C=O) groups is 2. The molecule has 0 atom stereocenters. The predicted molar refractivity (Wildman–Crippen MR) is 117 cm³/mol. The van der Waals surface area contributed by atoms with Crippen LogP contribution in [0.4, 0.5) is 0 Å². The van der Waals surface area contributed by atoms with Crippen molar-refractivity contribution < 1.29 is 9.59 Å². The summed E-state index contributed by atoms with van der Waals surface area (Å²) in [7, 11) is 1.77. The summed E-state index contributed by atoms with van der Waals surface area (Å²) in [6, 6.07) is 6.52. The maximum atomic E-state index is 12.5. The second kappa shape index (κ2) is 8.21. The molecule has 30 heavy (non-hydrogen) atoms. The summed E-state index contributed by atoms with van der Waals surface area (Å²) in [4.78, 5) is 38.8. The Balaban J connectivity index is 1.80. The quantitative estimate of drug-likeness (QED) is 0.778. The first-order chi connectivity index (χ1) is 14.3. The second-order valence-corrected chi connectivity index (χ2v) is 8.90. The number of rotatable bonds is 4. The molecule has 0 N–H and O–H groups in total. The molecule has 4 rings (SSSR count). The smallest absolute Gasteiger partial charge is 0.253 e. The number of fused-ring (bicyclic) bond motifs is 1. The van der Waals surface area contributed by atoms with Crippen LogP contribution in [0.5, 0.6) is 0 Å². The van der Waals surface area contributed by atoms with Crippen molar-refractivity contribution in [1.82, 2.24) is 9.47 Å². The molecular weight excluding hydrogens is 376 g/mol. The van der Waals surface area contributed by atoms with Crippen molar-refractivity contribution >= 4 is 11.7 Å². The van der Waals surface area contributed by atoms with Gasteiger partial charge in [0.25, 0.3) is 5.56 Å². The minimum atomic E-state index is 0.00604. The highest BCUT2D eigenvalue weighted by Gasteiger charge is 2.27. The fourth-order valence-electron chi connectivity index (χ4n) is 5.05.